The highest BCUT2D eigenvalue weighted by Crippen LogP contribution is 2.43. The lowest BCUT2D eigenvalue weighted by atomic mass is 9.98. The highest BCUT2D eigenvalue weighted by molar-refractivity contribution is 6.18. The van der Waals surface area contributed by atoms with E-state index in [-0.39, 0.29) is 5.56 Å². The fourth-order valence-electron chi connectivity index (χ4n) is 2.19. The lowest BCUT2D eigenvalue weighted by molar-refractivity contribution is -0.160. The molecule has 1 unspecified atom stereocenters. The predicted octanol–water partition coefficient (Wildman–Crippen LogP) is 1.78. The average Bonchev–Trinajstić information content (AvgIpc) is 2.62. The summed E-state index contributed by atoms with van der Waals surface area (Å²) in [5.41, 5.74) is -2.20. The summed E-state index contributed by atoms with van der Waals surface area (Å²) in [5.74, 6) is -2.03. The summed E-state index contributed by atoms with van der Waals surface area (Å²) < 4.78 is 19.2. The zero-order valence-corrected chi connectivity index (χ0v) is 10.3. The van der Waals surface area contributed by atoms with E-state index in [1.165, 1.54) is 11.0 Å². The minimum absolute atomic E-state index is 0.0651. The van der Waals surface area contributed by atoms with Crippen LogP contribution in [0.4, 0.5) is 10.1 Å². The second kappa shape index (κ2) is 4.40. The van der Waals surface area contributed by atoms with Gasteiger partial charge in [0.25, 0.3) is 5.91 Å². The van der Waals surface area contributed by atoms with Crippen molar-refractivity contribution in [1.82, 2.24) is 0 Å². The average molecular weight is 251 g/mol. The smallest absolute Gasteiger partial charge is 0.358 e. The van der Waals surface area contributed by atoms with Gasteiger partial charge in [0.15, 0.2) is 0 Å². The number of amides is 1. The van der Waals surface area contributed by atoms with E-state index >= 15 is 0 Å². The zero-order chi connectivity index (χ0) is 13.3. The number of ether oxygens (including phenoxy) is 1. The summed E-state index contributed by atoms with van der Waals surface area (Å²) in [6, 6.07) is 6.38. The maximum atomic E-state index is 14.8. The summed E-state index contributed by atoms with van der Waals surface area (Å²) in [6.45, 7) is 2.25. The van der Waals surface area contributed by atoms with Crippen LogP contribution < -0.4 is 4.90 Å². The minimum Gasteiger partial charge on any atom is -0.466 e. The zero-order valence-electron chi connectivity index (χ0n) is 10.3. The van der Waals surface area contributed by atoms with E-state index in [9.17, 15) is 14.0 Å². The molecule has 0 saturated carbocycles. The summed E-state index contributed by atoms with van der Waals surface area (Å²) in [4.78, 5) is 25.0. The maximum absolute atomic E-state index is 14.8. The number of rotatable bonds is 3. The number of carbonyl (C=O) groups excluding carboxylic acids is 2. The molecule has 1 atom stereocenters. The second-order valence-corrected chi connectivity index (χ2v) is 4.12. The SMILES string of the molecule is CCCN1C(=O)C(F)(C(=O)OC)c2ccccc21. The molecule has 5 heteroatoms. The number of halogens is 1. The Bertz CT molecular complexity index is 503. The fraction of sp³-hybridized carbons (Fsp3) is 0.385. The standard InChI is InChI=1S/C13H14FNO3/c1-3-8-15-10-7-5-4-6-9(10)13(14,11(15)16)12(17)18-2/h4-7H,3,8H2,1-2H3. The first-order valence-electron chi connectivity index (χ1n) is 5.76. The number of hydrogen-bond acceptors (Lipinski definition) is 3. The molecule has 18 heavy (non-hydrogen) atoms. The number of carbonyl (C=O) groups is 2. The van der Waals surface area contributed by atoms with Crippen LogP contribution in [0.2, 0.25) is 0 Å². The van der Waals surface area contributed by atoms with Gasteiger partial charge in [0.05, 0.1) is 12.8 Å². The molecular formula is C13H14FNO3. The van der Waals surface area contributed by atoms with E-state index in [2.05, 4.69) is 4.74 Å². The lowest BCUT2D eigenvalue weighted by Crippen LogP contribution is -2.43. The predicted molar refractivity (Wildman–Crippen MR) is 63.9 cm³/mol. The second-order valence-electron chi connectivity index (χ2n) is 4.12. The van der Waals surface area contributed by atoms with Crippen molar-refractivity contribution in [2.45, 2.75) is 19.0 Å². The summed E-state index contributed by atoms with van der Waals surface area (Å²) >= 11 is 0. The molecule has 1 aliphatic heterocycles. The third-order valence-electron chi connectivity index (χ3n) is 3.02. The van der Waals surface area contributed by atoms with Crippen molar-refractivity contribution < 1.29 is 18.7 Å². The van der Waals surface area contributed by atoms with E-state index in [0.717, 1.165) is 7.11 Å². The van der Waals surface area contributed by atoms with Crippen molar-refractivity contribution in [2.75, 3.05) is 18.6 Å². The largest absolute Gasteiger partial charge is 0.466 e. The summed E-state index contributed by atoms with van der Waals surface area (Å²) in [5, 5.41) is 0. The van der Waals surface area contributed by atoms with Gasteiger partial charge in [0, 0.05) is 12.1 Å². The third kappa shape index (κ3) is 1.50. The van der Waals surface area contributed by atoms with Crippen LogP contribution in [0.5, 0.6) is 0 Å². The van der Waals surface area contributed by atoms with Crippen LogP contribution in [0.1, 0.15) is 18.9 Å². The Hall–Kier alpha value is -1.91. The number of nitrogens with zero attached hydrogens (tertiary/aromatic N) is 1. The monoisotopic (exact) mass is 251 g/mol. The van der Waals surface area contributed by atoms with Crippen LogP contribution in [0.3, 0.4) is 0 Å². The molecule has 0 N–H and O–H groups in total. The number of hydrogen-bond donors (Lipinski definition) is 0. The summed E-state index contributed by atoms with van der Waals surface area (Å²) in [6.07, 6.45) is 0.678. The topological polar surface area (TPSA) is 46.6 Å². The van der Waals surface area contributed by atoms with E-state index in [1.807, 2.05) is 6.92 Å². The van der Waals surface area contributed by atoms with Crippen molar-refractivity contribution in [2.24, 2.45) is 0 Å². The number of para-hydroxylation sites is 1. The van der Waals surface area contributed by atoms with Gasteiger partial charge in [-0.05, 0) is 12.5 Å². The molecule has 4 nitrogen and oxygen atoms in total. The molecule has 1 heterocycles. The molecule has 1 amide bonds. The Morgan fingerprint density at radius 2 is 2.11 bits per heavy atom. The molecule has 96 valence electrons. The molecule has 0 bridgehead atoms. The lowest BCUT2D eigenvalue weighted by Gasteiger charge is -2.18. The van der Waals surface area contributed by atoms with E-state index in [1.54, 1.807) is 18.2 Å². The quantitative estimate of drug-likeness (QED) is 0.607. The molecular weight excluding hydrogens is 237 g/mol. The number of esters is 1. The molecule has 0 saturated heterocycles. The Kier molecular flexibility index (Phi) is 3.07. The Balaban J connectivity index is 2.58. The molecule has 0 aliphatic carbocycles. The van der Waals surface area contributed by atoms with Gasteiger partial charge in [0.1, 0.15) is 0 Å². The molecule has 0 radical (unpaired) electrons. The normalized spacial score (nSPS) is 21.9. The van der Waals surface area contributed by atoms with Crippen LogP contribution in [-0.2, 0) is 20.0 Å². The van der Waals surface area contributed by atoms with Crippen LogP contribution in [0.25, 0.3) is 0 Å². The molecule has 1 aliphatic rings. The van der Waals surface area contributed by atoms with Crippen molar-refractivity contribution in [3.8, 4) is 0 Å². The highest BCUT2D eigenvalue weighted by atomic mass is 19.1. The highest BCUT2D eigenvalue weighted by Gasteiger charge is 2.58. The van der Waals surface area contributed by atoms with E-state index in [0.29, 0.717) is 18.7 Å². The van der Waals surface area contributed by atoms with Gasteiger partial charge in [-0.3, -0.25) is 4.79 Å². The molecule has 2 rings (SSSR count). The molecule has 1 aromatic rings. The third-order valence-corrected chi connectivity index (χ3v) is 3.02. The number of fused-ring (bicyclic) bond motifs is 1. The van der Waals surface area contributed by atoms with Crippen molar-refractivity contribution >= 4 is 17.6 Å². The van der Waals surface area contributed by atoms with Crippen molar-refractivity contribution in [1.29, 1.82) is 0 Å². The first-order chi connectivity index (χ1) is 8.57. The molecule has 0 aromatic heterocycles. The van der Waals surface area contributed by atoms with Crippen LogP contribution >= 0.6 is 0 Å². The minimum atomic E-state index is -2.71. The van der Waals surface area contributed by atoms with E-state index in [4.69, 9.17) is 0 Å². The molecule has 0 spiro atoms. The number of benzene rings is 1. The van der Waals surface area contributed by atoms with Gasteiger partial charge in [-0.2, -0.15) is 0 Å². The van der Waals surface area contributed by atoms with Crippen molar-refractivity contribution in [3.05, 3.63) is 29.8 Å². The van der Waals surface area contributed by atoms with Gasteiger partial charge in [0.2, 0.25) is 0 Å². The number of methoxy groups -OCH3 is 1. The first kappa shape index (κ1) is 12.5. The maximum Gasteiger partial charge on any atom is 0.358 e. The van der Waals surface area contributed by atoms with E-state index < -0.39 is 17.5 Å². The van der Waals surface area contributed by atoms with Gasteiger partial charge < -0.3 is 9.64 Å². The van der Waals surface area contributed by atoms with Gasteiger partial charge >= 0.3 is 11.6 Å². The van der Waals surface area contributed by atoms with Gasteiger partial charge in [-0.15, -0.1) is 0 Å². The summed E-state index contributed by atoms with van der Waals surface area (Å²) in [7, 11) is 1.07. The number of alkyl halides is 1. The van der Waals surface area contributed by atoms with Gasteiger partial charge in [-0.1, -0.05) is 25.1 Å². The fourth-order valence-corrected chi connectivity index (χ4v) is 2.19. The first-order valence-corrected chi connectivity index (χ1v) is 5.76. The van der Waals surface area contributed by atoms with Crippen LogP contribution in [0.15, 0.2) is 24.3 Å². The van der Waals surface area contributed by atoms with Crippen LogP contribution in [-0.4, -0.2) is 25.5 Å². The Morgan fingerprint density at radius 1 is 1.44 bits per heavy atom. The number of anilines is 1. The molecule has 1 aromatic carbocycles. The van der Waals surface area contributed by atoms with Gasteiger partial charge in [-0.25, -0.2) is 9.18 Å². The van der Waals surface area contributed by atoms with Crippen LogP contribution in [0, 0.1) is 0 Å². The Morgan fingerprint density at radius 3 is 2.72 bits per heavy atom. The van der Waals surface area contributed by atoms with Crippen molar-refractivity contribution in [3.63, 3.8) is 0 Å². The Labute approximate surface area is 104 Å². The molecule has 0 fully saturated rings.